The molecule has 0 spiro atoms. The first-order valence-electron chi connectivity index (χ1n) is 5.53. The predicted molar refractivity (Wildman–Crippen MR) is 57.5 cm³/mol. The van der Waals surface area contributed by atoms with Gasteiger partial charge in [0, 0.05) is 20.7 Å². The number of nitrogens with zero attached hydrogens (tertiary/aromatic N) is 1. The molecule has 0 radical (unpaired) electrons. The zero-order valence-corrected chi connectivity index (χ0v) is 9.66. The molecule has 1 aliphatic carbocycles. The summed E-state index contributed by atoms with van der Waals surface area (Å²) in [4.78, 5) is 13.2. The zero-order chi connectivity index (χ0) is 11.3. The summed E-state index contributed by atoms with van der Waals surface area (Å²) in [5.41, 5.74) is -0.641. The highest BCUT2D eigenvalue weighted by Crippen LogP contribution is 2.29. The summed E-state index contributed by atoms with van der Waals surface area (Å²) in [6.07, 6.45) is 4.15. The van der Waals surface area contributed by atoms with Crippen LogP contribution in [0.4, 0.5) is 0 Å². The van der Waals surface area contributed by atoms with Gasteiger partial charge in [0.2, 0.25) is 5.91 Å². The molecule has 4 heteroatoms. The topological polar surface area (TPSA) is 49.8 Å². The fourth-order valence-electron chi connectivity index (χ4n) is 2.10. The van der Waals surface area contributed by atoms with Crippen LogP contribution in [0.3, 0.4) is 0 Å². The van der Waals surface area contributed by atoms with E-state index in [1.54, 1.807) is 19.1 Å². The lowest BCUT2D eigenvalue weighted by atomic mass is 10.0. The fourth-order valence-corrected chi connectivity index (χ4v) is 2.10. The monoisotopic (exact) mass is 215 g/mol. The van der Waals surface area contributed by atoms with E-state index in [4.69, 9.17) is 4.74 Å². The van der Waals surface area contributed by atoms with Crippen LogP contribution in [-0.4, -0.2) is 48.8 Å². The van der Waals surface area contributed by atoms with Crippen LogP contribution in [0.25, 0.3) is 0 Å². The van der Waals surface area contributed by atoms with Gasteiger partial charge in [0.1, 0.15) is 0 Å². The second-order valence-corrected chi connectivity index (χ2v) is 4.42. The molecule has 1 fully saturated rings. The lowest BCUT2D eigenvalue weighted by Crippen LogP contribution is -2.42. The van der Waals surface area contributed by atoms with E-state index in [0.717, 1.165) is 25.7 Å². The number of aliphatic hydroxyl groups is 1. The van der Waals surface area contributed by atoms with Gasteiger partial charge in [0.25, 0.3) is 0 Å². The summed E-state index contributed by atoms with van der Waals surface area (Å²) >= 11 is 0. The molecule has 0 aliphatic heterocycles. The molecule has 1 rings (SSSR count). The van der Waals surface area contributed by atoms with E-state index >= 15 is 0 Å². The van der Waals surface area contributed by atoms with Gasteiger partial charge in [0.05, 0.1) is 18.6 Å². The van der Waals surface area contributed by atoms with Crippen molar-refractivity contribution in [3.8, 4) is 0 Å². The molecular formula is C11H21NO3. The number of carbonyl (C=O) groups is 1. The molecule has 4 nitrogen and oxygen atoms in total. The van der Waals surface area contributed by atoms with Crippen molar-refractivity contribution in [2.45, 2.75) is 37.7 Å². The molecule has 0 unspecified atom stereocenters. The number of likely N-dealkylation sites (N-methyl/N-ethyl adjacent to an activating group) is 1. The minimum absolute atomic E-state index is 0.0391. The molecule has 0 bridgehead atoms. The Bertz CT molecular complexity index is 212. The van der Waals surface area contributed by atoms with Gasteiger partial charge < -0.3 is 14.7 Å². The van der Waals surface area contributed by atoms with Gasteiger partial charge in [-0.05, 0) is 12.8 Å². The molecule has 1 aliphatic rings. The lowest BCUT2D eigenvalue weighted by molar-refractivity contribution is -0.134. The van der Waals surface area contributed by atoms with Gasteiger partial charge in [-0.1, -0.05) is 12.8 Å². The van der Waals surface area contributed by atoms with E-state index in [-0.39, 0.29) is 5.91 Å². The van der Waals surface area contributed by atoms with Gasteiger partial charge in [-0.3, -0.25) is 4.79 Å². The normalized spacial score (nSPS) is 19.1. The number of amides is 1. The maximum absolute atomic E-state index is 11.6. The smallest absolute Gasteiger partial charge is 0.224 e. The van der Waals surface area contributed by atoms with Crippen molar-refractivity contribution >= 4 is 5.91 Å². The number of carbonyl (C=O) groups excluding carboxylic acids is 1. The first-order valence-corrected chi connectivity index (χ1v) is 5.53. The predicted octanol–water partition coefficient (Wildman–Crippen LogP) is 0.786. The van der Waals surface area contributed by atoms with Gasteiger partial charge in [-0.2, -0.15) is 0 Å². The molecule has 1 amide bonds. The number of methoxy groups -OCH3 is 1. The van der Waals surface area contributed by atoms with E-state index in [1.807, 2.05) is 0 Å². The Morgan fingerprint density at radius 2 is 2.07 bits per heavy atom. The highest BCUT2D eigenvalue weighted by molar-refractivity contribution is 5.76. The minimum Gasteiger partial charge on any atom is -0.388 e. The maximum Gasteiger partial charge on any atom is 0.224 e. The third-order valence-corrected chi connectivity index (χ3v) is 3.01. The van der Waals surface area contributed by atoms with E-state index in [0.29, 0.717) is 19.6 Å². The Hall–Kier alpha value is -0.610. The summed E-state index contributed by atoms with van der Waals surface area (Å²) in [5.74, 6) is 0.0391. The molecular weight excluding hydrogens is 194 g/mol. The third kappa shape index (κ3) is 3.80. The minimum atomic E-state index is -0.641. The SMILES string of the molecule is COCCC(=O)N(C)CC1(O)CCCC1. The maximum atomic E-state index is 11.6. The third-order valence-electron chi connectivity index (χ3n) is 3.01. The van der Waals surface area contributed by atoms with Crippen LogP contribution in [0.1, 0.15) is 32.1 Å². The van der Waals surface area contributed by atoms with Gasteiger partial charge in [-0.25, -0.2) is 0 Å². The van der Waals surface area contributed by atoms with E-state index in [1.165, 1.54) is 0 Å². The van der Waals surface area contributed by atoms with Crippen molar-refractivity contribution < 1.29 is 14.6 Å². The van der Waals surface area contributed by atoms with Crippen molar-refractivity contribution in [2.75, 3.05) is 27.3 Å². The molecule has 0 aromatic heterocycles. The first kappa shape index (κ1) is 12.5. The first-order chi connectivity index (χ1) is 7.07. The van der Waals surface area contributed by atoms with Crippen LogP contribution in [0.2, 0.25) is 0 Å². The summed E-state index contributed by atoms with van der Waals surface area (Å²) in [6.45, 7) is 0.900. The lowest BCUT2D eigenvalue weighted by Gasteiger charge is -2.28. The average Bonchev–Trinajstić information content (AvgIpc) is 2.61. The van der Waals surface area contributed by atoms with E-state index < -0.39 is 5.60 Å². The Morgan fingerprint density at radius 1 is 1.47 bits per heavy atom. The zero-order valence-electron chi connectivity index (χ0n) is 9.66. The number of rotatable bonds is 5. The highest BCUT2D eigenvalue weighted by atomic mass is 16.5. The second-order valence-electron chi connectivity index (χ2n) is 4.42. The Labute approximate surface area is 91.2 Å². The molecule has 88 valence electrons. The van der Waals surface area contributed by atoms with Crippen LogP contribution in [-0.2, 0) is 9.53 Å². The summed E-state index contributed by atoms with van der Waals surface area (Å²) in [5, 5.41) is 10.1. The van der Waals surface area contributed by atoms with Crippen molar-refractivity contribution in [3.05, 3.63) is 0 Å². The standard InChI is InChI=1S/C11H21NO3/c1-12(10(13)5-8-15-2)9-11(14)6-3-4-7-11/h14H,3-9H2,1-2H3. The summed E-state index contributed by atoms with van der Waals surface area (Å²) in [7, 11) is 3.33. The van der Waals surface area contributed by atoms with Crippen LogP contribution >= 0.6 is 0 Å². The van der Waals surface area contributed by atoms with Crippen LogP contribution < -0.4 is 0 Å². The van der Waals surface area contributed by atoms with Crippen molar-refractivity contribution in [1.29, 1.82) is 0 Å². The van der Waals surface area contributed by atoms with Crippen molar-refractivity contribution in [2.24, 2.45) is 0 Å². The molecule has 1 saturated carbocycles. The Kier molecular flexibility index (Phi) is 4.54. The molecule has 0 aromatic rings. The molecule has 0 heterocycles. The molecule has 0 saturated heterocycles. The van der Waals surface area contributed by atoms with Crippen LogP contribution in [0, 0.1) is 0 Å². The number of hydrogen-bond donors (Lipinski definition) is 1. The largest absolute Gasteiger partial charge is 0.388 e. The van der Waals surface area contributed by atoms with Crippen LogP contribution in [0.5, 0.6) is 0 Å². The Balaban J connectivity index is 2.33. The molecule has 15 heavy (non-hydrogen) atoms. The van der Waals surface area contributed by atoms with Gasteiger partial charge in [-0.15, -0.1) is 0 Å². The van der Waals surface area contributed by atoms with E-state index in [9.17, 15) is 9.90 Å². The molecule has 0 aromatic carbocycles. The van der Waals surface area contributed by atoms with Gasteiger partial charge in [0.15, 0.2) is 0 Å². The molecule has 0 atom stereocenters. The number of ether oxygens (including phenoxy) is 1. The number of hydrogen-bond acceptors (Lipinski definition) is 3. The fraction of sp³-hybridized carbons (Fsp3) is 0.909. The second kappa shape index (κ2) is 5.47. The van der Waals surface area contributed by atoms with E-state index in [2.05, 4.69) is 0 Å². The van der Waals surface area contributed by atoms with Gasteiger partial charge >= 0.3 is 0 Å². The summed E-state index contributed by atoms with van der Waals surface area (Å²) < 4.78 is 4.85. The summed E-state index contributed by atoms with van der Waals surface area (Å²) in [6, 6.07) is 0. The Morgan fingerprint density at radius 3 is 2.60 bits per heavy atom. The van der Waals surface area contributed by atoms with Crippen molar-refractivity contribution in [1.82, 2.24) is 4.90 Å². The molecule has 1 N–H and O–H groups in total. The van der Waals surface area contributed by atoms with Crippen LogP contribution in [0.15, 0.2) is 0 Å². The average molecular weight is 215 g/mol. The highest BCUT2D eigenvalue weighted by Gasteiger charge is 2.33. The van der Waals surface area contributed by atoms with Crippen molar-refractivity contribution in [3.63, 3.8) is 0 Å². The quantitative estimate of drug-likeness (QED) is 0.737.